The number of carbonyl (C=O) groups is 1. The maximum absolute atomic E-state index is 11.9. The highest BCUT2D eigenvalue weighted by Gasteiger charge is 2.20. The zero-order valence-corrected chi connectivity index (χ0v) is 11.1. The van der Waals surface area contributed by atoms with E-state index in [1.54, 1.807) is 12.1 Å². The Morgan fingerprint density at radius 3 is 2.33 bits per heavy atom. The van der Waals surface area contributed by atoms with Crippen molar-refractivity contribution in [3.05, 3.63) is 29.8 Å². The van der Waals surface area contributed by atoms with Crippen LogP contribution >= 0.6 is 0 Å². The molecule has 0 heterocycles. The topological polar surface area (TPSA) is 101 Å². The molecule has 0 saturated carbocycles. The van der Waals surface area contributed by atoms with Crippen molar-refractivity contribution in [3.8, 4) is 0 Å². The molecule has 0 aliphatic heterocycles. The number of carbonyl (C=O) groups excluding carboxylic acids is 1. The molecule has 0 spiro atoms. The van der Waals surface area contributed by atoms with Crippen molar-refractivity contribution in [1.29, 1.82) is 0 Å². The summed E-state index contributed by atoms with van der Waals surface area (Å²) >= 11 is 0. The Morgan fingerprint density at radius 1 is 1.33 bits per heavy atom. The monoisotopic (exact) mass is 271 g/mol. The number of hydrogen-bond donors (Lipinski definition) is 3. The van der Waals surface area contributed by atoms with E-state index in [-0.39, 0.29) is 4.90 Å². The second-order valence-corrected chi connectivity index (χ2v) is 5.52. The van der Waals surface area contributed by atoms with Crippen LogP contribution in [0.2, 0.25) is 0 Å². The van der Waals surface area contributed by atoms with E-state index in [1.807, 2.05) is 0 Å². The molecule has 100 valence electrons. The zero-order chi connectivity index (χ0) is 13.8. The molecule has 0 saturated heterocycles. The minimum absolute atomic E-state index is 0.107. The number of rotatable bonds is 5. The largest absolute Gasteiger partial charge is 0.358 e. The number of benzene rings is 1. The summed E-state index contributed by atoms with van der Waals surface area (Å²) in [5.41, 5.74) is 6.27. The van der Waals surface area contributed by atoms with E-state index in [4.69, 9.17) is 5.73 Å². The predicted molar refractivity (Wildman–Crippen MR) is 68.2 cm³/mol. The third-order valence-corrected chi connectivity index (χ3v) is 4.00. The molecule has 0 aliphatic carbocycles. The van der Waals surface area contributed by atoms with Gasteiger partial charge in [-0.1, -0.05) is 12.1 Å². The molecule has 1 rings (SSSR count). The molecule has 1 unspecified atom stereocenters. The summed E-state index contributed by atoms with van der Waals surface area (Å²) in [6.07, 6.45) is 0. The van der Waals surface area contributed by atoms with E-state index in [0.29, 0.717) is 6.54 Å². The number of likely N-dealkylation sites (N-methyl/N-ethyl adjacent to an activating group) is 1. The van der Waals surface area contributed by atoms with Crippen molar-refractivity contribution < 1.29 is 13.2 Å². The van der Waals surface area contributed by atoms with Crippen molar-refractivity contribution in [2.45, 2.75) is 24.4 Å². The Kier molecular flexibility index (Phi) is 4.83. The summed E-state index contributed by atoms with van der Waals surface area (Å²) in [4.78, 5) is 11.4. The van der Waals surface area contributed by atoms with E-state index >= 15 is 0 Å². The molecule has 0 bridgehead atoms. The van der Waals surface area contributed by atoms with Crippen LogP contribution in [-0.2, 0) is 21.4 Å². The van der Waals surface area contributed by atoms with Crippen LogP contribution < -0.4 is 15.8 Å². The molecule has 18 heavy (non-hydrogen) atoms. The highest BCUT2D eigenvalue weighted by molar-refractivity contribution is 7.89. The molecule has 0 fully saturated rings. The summed E-state index contributed by atoms with van der Waals surface area (Å²) in [5, 5.41) is 2.37. The minimum atomic E-state index is -3.69. The molecule has 4 N–H and O–H groups in total. The van der Waals surface area contributed by atoms with Gasteiger partial charge in [-0.25, -0.2) is 8.42 Å². The predicted octanol–water partition coefficient (Wildman–Crippen LogP) is -0.442. The third kappa shape index (κ3) is 3.52. The highest BCUT2D eigenvalue weighted by Crippen LogP contribution is 2.10. The normalized spacial score (nSPS) is 13.1. The Morgan fingerprint density at radius 2 is 1.89 bits per heavy atom. The van der Waals surface area contributed by atoms with Crippen LogP contribution in [0.1, 0.15) is 12.5 Å². The van der Waals surface area contributed by atoms with E-state index in [0.717, 1.165) is 5.56 Å². The van der Waals surface area contributed by atoms with Crippen molar-refractivity contribution in [3.63, 3.8) is 0 Å². The van der Waals surface area contributed by atoms with E-state index in [9.17, 15) is 13.2 Å². The first-order chi connectivity index (χ1) is 8.40. The number of nitrogens with two attached hydrogens (primary N) is 1. The average Bonchev–Trinajstić information content (AvgIpc) is 2.37. The lowest BCUT2D eigenvalue weighted by molar-refractivity contribution is -0.121. The van der Waals surface area contributed by atoms with Gasteiger partial charge in [-0.2, -0.15) is 4.72 Å². The van der Waals surface area contributed by atoms with E-state index < -0.39 is 22.0 Å². The summed E-state index contributed by atoms with van der Waals surface area (Å²) in [6, 6.07) is 5.37. The van der Waals surface area contributed by atoms with Gasteiger partial charge in [0.2, 0.25) is 15.9 Å². The Bertz CT molecular complexity index is 511. The van der Waals surface area contributed by atoms with Crippen molar-refractivity contribution >= 4 is 15.9 Å². The average molecular weight is 271 g/mol. The lowest BCUT2D eigenvalue weighted by atomic mass is 10.2. The maximum atomic E-state index is 11.9. The molecule has 1 aromatic rings. The summed E-state index contributed by atoms with van der Waals surface area (Å²) < 4.78 is 26.2. The van der Waals surface area contributed by atoms with Crippen LogP contribution in [-0.4, -0.2) is 27.4 Å². The fourth-order valence-corrected chi connectivity index (χ4v) is 2.58. The van der Waals surface area contributed by atoms with E-state index in [1.165, 1.54) is 26.1 Å². The standard InChI is InChI=1S/C11H17N3O3S/c1-8(11(15)13-2)14-18(16,17)10-5-3-9(7-12)4-6-10/h3-6,8,14H,7,12H2,1-2H3,(H,13,15). The fraction of sp³-hybridized carbons (Fsp3) is 0.364. The molecule has 0 aromatic heterocycles. The third-order valence-electron chi connectivity index (χ3n) is 2.44. The Labute approximate surface area is 107 Å². The molecule has 1 atom stereocenters. The van der Waals surface area contributed by atoms with Crippen LogP contribution in [0.4, 0.5) is 0 Å². The van der Waals surface area contributed by atoms with Gasteiger partial charge in [0.1, 0.15) is 0 Å². The quantitative estimate of drug-likeness (QED) is 0.675. The van der Waals surface area contributed by atoms with Crippen molar-refractivity contribution in [1.82, 2.24) is 10.0 Å². The number of amides is 1. The van der Waals surface area contributed by atoms with Gasteiger partial charge in [-0.15, -0.1) is 0 Å². The van der Waals surface area contributed by atoms with Crippen molar-refractivity contribution in [2.75, 3.05) is 7.05 Å². The summed E-state index contributed by atoms with van der Waals surface area (Å²) in [7, 11) is -2.24. The first-order valence-corrected chi connectivity index (χ1v) is 6.92. The first kappa shape index (κ1) is 14.6. The summed E-state index contributed by atoms with van der Waals surface area (Å²) in [5.74, 6) is -0.392. The van der Waals surface area contributed by atoms with Crippen LogP contribution in [0.25, 0.3) is 0 Å². The Hall–Kier alpha value is -1.44. The van der Waals surface area contributed by atoms with Crippen LogP contribution in [0.15, 0.2) is 29.2 Å². The van der Waals surface area contributed by atoms with Gasteiger partial charge in [0.25, 0.3) is 0 Å². The molecular weight excluding hydrogens is 254 g/mol. The minimum Gasteiger partial charge on any atom is -0.358 e. The fourth-order valence-electron chi connectivity index (χ4n) is 1.38. The van der Waals surface area contributed by atoms with Crippen LogP contribution in [0, 0.1) is 0 Å². The molecular formula is C11H17N3O3S. The number of nitrogens with one attached hydrogen (secondary N) is 2. The number of hydrogen-bond acceptors (Lipinski definition) is 4. The summed E-state index contributed by atoms with van der Waals surface area (Å²) in [6.45, 7) is 1.83. The van der Waals surface area contributed by atoms with Gasteiger partial charge in [0.05, 0.1) is 10.9 Å². The second kappa shape index (κ2) is 5.94. The molecule has 6 nitrogen and oxygen atoms in total. The van der Waals surface area contributed by atoms with Gasteiger partial charge < -0.3 is 11.1 Å². The van der Waals surface area contributed by atoms with Gasteiger partial charge in [0.15, 0.2) is 0 Å². The second-order valence-electron chi connectivity index (χ2n) is 3.81. The smallest absolute Gasteiger partial charge is 0.241 e. The first-order valence-electron chi connectivity index (χ1n) is 5.43. The number of sulfonamides is 1. The van der Waals surface area contributed by atoms with Gasteiger partial charge in [-0.05, 0) is 24.6 Å². The van der Waals surface area contributed by atoms with Gasteiger partial charge in [-0.3, -0.25) is 4.79 Å². The van der Waals surface area contributed by atoms with Crippen molar-refractivity contribution in [2.24, 2.45) is 5.73 Å². The molecule has 1 amide bonds. The SMILES string of the molecule is CNC(=O)C(C)NS(=O)(=O)c1ccc(CN)cc1. The molecule has 7 heteroatoms. The van der Waals surface area contributed by atoms with Crippen LogP contribution in [0.3, 0.4) is 0 Å². The molecule has 0 aliphatic rings. The van der Waals surface area contributed by atoms with Gasteiger partial charge >= 0.3 is 0 Å². The highest BCUT2D eigenvalue weighted by atomic mass is 32.2. The Balaban J connectivity index is 2.89. The lowest BCUT2D eigenvalue weighted by Crippen LogP contribution is -2.43. The lowest BCUT2D eigenvalue weighted by Gasteiger charge is -2.12. The zero-order valence-electron chi connectivity index (χ0n) is 10.3. The van der Waals surface area contributed by atoms with Gasteiger partial charge in [0, 0.05) is 13.6 Å². The molecule has 0 radical (unpaired) electrons. The van der Waals surface area contributed by atoms with E-state index in [2.05, 4.69) is 10.0 Å². The van der Waals surface area contributed by atoms with Crippen LogP contribution in [0.5, 0.6) is 0 Å². The molecule has 1 aromatic carbocycles. The maximum Gasteiger partial charge on any atom is 0.241 e.